The van der Waals surface area contributed by atoms with Gasteiger partial charge >= 0.3 is 0 Å². The molecule has 0 bridgehead atoms. The fraction of sp³-hybridized carbons (Fsp3) is 0.231. The van der Waals surface area contributed by atoms with Crippen LogP contribution in [-0.2, 0) is 0 Å². The molecule has 1 N–H and O–H groups in total. The fourth-order valence-electron chi connectivity index (χ4n) is 2.18. The number of hydrogen-bond acceptors (Lipinski definition) is 2. The molecule has 3 heteroatoms. The number of hydrogen-bond donors (Lipinski definition) is 1. The van der Waals surface area contributed by atoms with E-state index in [4.69, 9.17) is 4.42 Å². The average Bonchev–Trinajstić information content (AvgIpc) is 2.81. The molecular weight excluding hydrogens is 205 g/mol. The Hall–Kier alpha value is -1.61. The molecule has 3 rings (SSSR count). The van der Waals surface area contributed by atoms with E-state index in [1.54, 1.807) is 6.26 Å². The van der Waals surface area contributed by atoms with Gasteiger partial charge in [-0.15, -0.1) is 0 Å². The number of furan rings is 1. The van der Waals surface area contributed by atoms with Crippen molar-refractivity contribution in [2.75, 3.05) is 13.1 Å². The van der Waals surface area contributed by atoms with E-state index in [1.165, 1.54) is 11.6 Å². The summed E-state index contributed by atoms with van der Waals surface area (Å²) < 4.78 is 18.6. The summed E-state index contributed by atoms with van der Waals surface area (Å²) in [6.45, 7) is 1.86. The van der Waals surface area contributed by atoms with Crippen LogP contribution in [0.15, 0.2) is 35.0 Å². The molecule has 0 radical (unpaired) electrons. The third-order valence-corrected chi connectivity index (χ3v) is 2.98. The summed E-state index contributed by atoms with van der Waals surface area (Å²) in [5.74, 6) is -0.293. The Morgan fingerprint density at radius 2 is 2.19 bits per heavy atom. The Morgan fingerprint density at radius 1 is 1.25 bits per heavy atom. The maximum Gasteiger partial charge on any atom is 0.170 e. The van der Waals surface area contributed by atoms with Crippen LogP contribution in [0.1, 0.15) is 12.0 Å². The first-order valence-electron chi connectivity index (χ1n) is 5.42. The molecule has 1 aliphatic heterocycles. The van der Waals surface area contributed by atoms with Crippen LogP contribution >= 0.6 is 0 Å². The summed E-state index contributed by atoms with van der Waals surface area (Å²) in [4.78, 5) is 0. The minimum absolute atomic E-state index is 0.293. The van der Waals surface area contributed by atoms with Gasteiger partial charge in [0.1, 0.15) is 0 Å². The van der Waals surface area contributed by atoms with Crippen molar-refractivity contribution < 1.29 is 8.81 Å². The minimum atomic E-state index is -0.293. The van der Waals surface area contributed by atoms with Crippen LogP contribution in [0.4, 0.5) is 4.39 Å². The van der Waals surface area contributed by atoms with Gasteiger partial charge in [-0.05, 0) is 36.2 Å². The molecule has 82 valence electrons. The molecule has 0 atom stereocenters. The van der Waals surface area contributed by atoms with Crippen molar-refractivity contribution in [3.8, 4) is 0 Å². The second-order valence-electron chi connectivity index (χ2n) is 3.94. The van der Waals surface area contributed by atoms with Gasteiger partial charge in [-0.1, -0.05) is 12.1 Å². The van der Waals surface area contributed by atoms with Gasteiger partial charge in [-0.2, -0.15) is 0 Å². The Kier molecular flexibility index (Phi) is 2.26. The van der Waals surface area contributed by atoms with Crippen LogP contribution in [0.2, 0.25) is 0 Å². The predicted molar refractivity (Wildman–Crippen MR) is 61.6 cm³/mol. The van der Waals surface area contributed by atoms with E-state index in [1.807, 2.05) is 12.1 Å². The molecule has 0 aliphatic carbocycles. The van der Waals surface area contributed by atoms with Crippen LogP contribution in [0.5, 0.6) is 0 Å². The predicted octanol–water partition coefficient (Wildman–Crippen LogP) is 2.95. The summed E-state index contributed by atoms with van der Waals surface area (Å²) >= 11 is 0. The molecule has 0 fully saturated rings. The highest BCUT2D eigenvalue weighted by molar-refractivity contribution is 5.91. The highest BCUT2D eigenvalue weighted by atomic mass is 19.1. The number of benzene rings is 1. The Morgan fingerprint density at radius 3 is 3.00 bits per heavy atom. The lowest BCUT2D eigenvalue weighted by atomic mass is 9.97. The molecule has 0 saturated heterocycles. The van der Waals surface area contributed by atoms with Crippen molar-refractivity contribution in [2.24, 2.45) is 0 Å². The molecule has 2 nitrogen and oxygen atoms in total. The number of fused-ring (bicyclic) bond motifs is 1. The molecular formula is C13H12FNO. The number of rotatable bonds is 1. The molecule has 0 amide bonds. The fourth-order valence-corrected chi connectivity index (χ4v) is 2.18. The summed E-state index contributed by atoms with van der Waals surface area (Å²) in [6.07, 6.45) is 4.67. The van der Waals surface area contributed by atoms with E-state index >= 15 is 0 Å². The van der Waals surface area contributed by atoms with E-state index in [9.17, 15) is 4.39 Å². The normalized spacial score (nSPS) is 16.4. The quantitative estimate of drug-likeness (QED) is 0.794. The van der Waals surface area contributed by atoms with Crippen LogP contribution in [0, 0.1) is 5.82 Å². The van der Waals surface area contributed by atoms with Gasteiger partial charge in [-0.3, -0.25) is 0 Å². The summed E-state index contributed by atoms with van der Waals surface area (Å²) in [5, 5.41) is 4.13. The van der Waals surface area contributed by atoms with Gasteiger partial charge in [0.25, 0.3) is 0 Å². The lowest BCUT2D eigenvalue weighted by Crippen LogP contribution is -2.20. The van der Waals surface area contributed by atoms with E-state index in [2.05, 4.69) is 11.4 Å². The summed E-state index contributed by atoms with van der Waals surface area (Å²) in [7, 11) is 0. The number of nitrogens with one attached hydrogen (secondary N) is 1. The van der Waals surface area contributed by atoms with Crippen LogP contribution < -0.4 is 5.32 Å². The molecule has 1 aromatic carbocycles. The Bertz CT molecular complexity index is 556. The lowest BCUT2D eigenvalue weighted by molar-refractivity contribution is 0.560. The van der Waals surface area contributed by atoms with Gasteiger partial charge in [0.05, 0.1) is 6.26 Å². The standard InChI is InChI=1S/C13H12FNO/c14-12-2-1-10(9-3-6-15-7-4-9)11-5-8-16-13(11)12/h1-3,5,8,15H,4,6-7H2. The topological polar surface area (TPSA) is 25.2 Å². The second kappa shape index (κ2) is 3.76. The maximum absolute atomic E-state index is 13.4. The van der Waals surface area contributed by atoms with Crippen LogP contribution in [-0.4, -0.2) is 13.1 Å². The SMILES string of the molecule is Fc1ccc(C2=CCNCC2)c2ccoc12. The van der Waals surface area contributed by atoms with Gasteiger partial charge in [0.2, 0.25) is 0 Å². The summed E-state index contributed by atoms with van der Waals surface area (Å²) in [5.41, 5.74) is 2.72. The monoisotopic (exact) mass is 217 g/mol. The molecule has 2 heterocycles. The van der Waals surface area contributed by atoms with E-state index < -0.39 is 0 Å². The van der Waals surface area contributed by atoms with Crippen molar-refractivity contribution in [1.82, 2.24) is 5.32 Å². The van der Waals surface area contributed by atoms with E-state index in [0.717, 1.165) is 30.5 Å². The average molecular weight is 217 g/mol. The first kappa shape index (κ1) is 9.60. The summed E-state index contributed by atoms with van der Waals surface area (Å²) in [6, 6.07) is 5.14. The highest BCUT2D eigenvalue weighted by Crippen LogP contribution is 2.30. The molecule has 0 spiro atoms. The van der Waals surface area contributed by atoms with Gasteiger partial charge in [0, 0.05) is 11.9 Å². The third kappa shape index (κ3) is 1.44. The first-order chi connectivity index (χ1) is 7.86. The van der Waals surface area contributed by atoms with Crippen molar-refractivity contribution in [3.63, 3.8) is 0 Å². The smallest absolute Gasteiger partial charge is 0.170 e. The van der Waals surface area contributed by atoms with Crippen molar-refractivity contribution >= 4 is 16.5 Å². The Labute approximate surface area is 92.8 Å². The minimum Gasteiger partial charge on any atom is -0.461 e. The highest BCUT2D eigenvalue weighted by Gasteiger charge is 2.13. The van der Waals surface area contributed by atoms with Gasteiger partial charge < -0.3 is 9.73 Å². The molecule has 0 unspecified atom stereocenters. The van der Waals surface area contributed by atoms with E-state index in [0.29, 0.717) is 5.58 Å². The zero-order valence-electron chi connectivity index (χ0n) is 8.79. The molecule has 0 saturated carbocycles. The van der Waals surface area contributed by atoms with Gasteiger partial charge in [-0.25, -0.2) is 4.39 Å². The number of halogens is 1. The maximum atomic E-state index is 13.4. The molecule has 2 aromatic rings. The third-order valence-electron chi connectivity index (χ3n) is 2.98. The second-order valence-corrected chi connectivity index (χ2v) is 3.94. The zero-order chi connectivity index (χ0) is 11.0. The first-order valence-corrected chi connectivity index (χ1v) is 5.42. The van der Waals surface area contributed by atoms with Crippen molar-refractivity contribution in [3.05, 3.63) is 41.9 Å². The lowest BCUT2D eigenvalue weighted by Gasteiger charge is -2.14. The molecule has 1 aliphatic rings. The van der Waals surface area contributed by atoms with E-state index in [-0.39, 0.29) is 5.82 Å². The van der Waals surface area contributed by atoms with Crippen LogP contribution in [0.25, 0.3) is 16.5 Å². The zero-order valence-corrected chi connectivity index (χ0v) is 8.79. The van der Waals surface area contributed by atoms with Crippen LogP contribution in [0.3, 0.4) is 0 Å². The van der Waals surface area contributed by atoms with Gasteiger partial charge in [0.15, 0.2) is 11.4 Å². The largest absolute Gasteiger partial charge is 0.461 e. The van der Waals surface area contributed by atoms with Crippen molar-refractivity contribution in [2.45, 2.75) is 6.42 Å². The molecule has 16 heavy (non-hydrogen) atoms. The van der Waals surface area contributed by atoms with Crippen molar-refractivity contribution in [1.29, 1.82) is 0 Å². The Balaban J connectivity index is 2.20. The molecule has 1 aromatic heterocycles.